The molecule has 1 aromatic carbocycles. The predicted molar refractivity (Wildman–Crippen MR) is 70.0 cm³/mol. The lowest BCUT2D eigenvalue weighted by atomic mass is 9.79. The second kappa shape index (κ2) is 4.13. The highest BCUT2D eigenvalue weighted by molar-refractivity contribution is 5.37. The van der Waals surface area contributed by atoms with Gasteiger partial charge in [-0.15, -0.1) is 0 Å². The Morgan fingerprint density at radius 2 is 1.82 bits per heavy atom. The van der Waals surface area contributed by atoms with Crippen LogP contribution in [0.2, 0.25) is 0 Å². The Morgan fingerprint density at radius 3 is 2.35 bits per heavy atom. The molecule has 0 saturated heterocycles. The van der Waals surface area contributed by atoms with Crippen LogP contribution in [-0.2, 0) is 5.41 Å². The minimum absolute atomic E-state index is 0.332. The van der Waals surface area contributed by atoms with Gasteiger partial charge in [0.2, 0.25) is 0 Å². The standard InChI is InChI=1S/C16H22O/c1-12-6-8-14(9-7-12)16(10-15(16)11-17)13-4-2-3-5-13/h6-9,13,15,17H,2-5,10-11H2,1H3. The second-order valence-corrected chi connectivity index (χ2v) is 5.97. The molecule has 0 radical (unpaired) electrons. The molecule has 2 aliphatic rings. The lowest BCUT2D eigenvalue weighted by Crippen LogP contribution is -2.21. The number of hydrogen-bond acceptors (Lipinski definition) is 1. The van der Waals surface area contributed by atoms with Gasteiger partial charge in [0.25, 0.3) is 0 Å². The van der Waals surface area contributed by atoms with Crippen LogP contribution < -0.4 is 0 Å². The second-order valence-electron chi connectivity index (χ2n) is 5.97. The highest BCUT2D eigenvalue weighted by Gasteiger charge is 2.59. The molecule has 2 unspecified atom stereocenters. The summed E-state index contributed by atoms with van der Waals surface area (Å²) < 4.78 is 0. The van der Waals surface area contributed by atoms with Crippen molar-refractivity contribution in [2.75, 3.05) is 6.61 Å². The van der Waals surface area contributed by atoms with Crippen molar-refractivity contribution < 1.29 is 5.11 Å². The van der Waals surface area contributed by atoms with Gasteiger partial charge >= 0.3 is 0 Å². The van der Waals surface area contributed by atoms with Crippen molar-refractivity contribution in [2.45, 2.75) is 44.4 Å². The van der Waals surface area contributed by atoms with Gasteiger partial charge in [-0.1, -0.05) is 42.7 Å². The summed E-state index contributed by atoms with van der Waals surface area (Å²) in [6, 6.07) is 9.03. The van der Waals surface area contributed by atoms with E-state index in [1.54, 1.807) is 0 Å². The monoisotopic (exact) mass is 230 g/mol. The fraction of sp³-hybridized carbons (Fsp3) is 0.625. The van der Waals surface area contributed by atoms with E-state index >= 15 is 0 Å². The zero-order valence-electron chi connectivity index (χ0n) is 10.7. The highest BCUT2D eigenvalue weighted by atomic mass is 16.3. The molecule has 2 fully saturated rings. The molecule has 0 amide bonds. The van der Waals surface area contributed by atoms with Gasteiger partial charge in [-0.05, 0) is 43.6 Å². The maximum atomic E-state index is 9.52. The first kappa shape index (κ1) is 11.3. The SMILES string of the molecule is Cc1ccc(C2(C3CCCC3)CC2CO)cc1. The number of rotatable bonds is 3. The summed E-state index contributed by atoms with van der Waals surface area (Å²) in [7, 11) is 0. The molecular weight excluding hydrogens is 208 g/mol. The maximum Gasteiger partial charge on any atom is 0.0468 e. The van der Waals surface area contributed by atoms with Crippen LogP contribution in [0.25, 0.3) is 0 Å². The Labute approximate surface area is 104 Å². The molecule has 2 saturated carbocycles. The number of aliphatic hydroxyl groups excluding tert-OH is 1. The third-order valence-electron chi connectivity index (χ3n) is 5.05. The first-order valence-electron chi connectivity index (χ1n) is 6.95. The molecule has 3 rings (SSSR count). The molecule has 0 bridgehead atoms. The number of benzene rings is 1. The molecule has 0 spiro atoms. The minimum Gasteiger partial charge on any atom is -0.396 e. The van der Waals surface area contributed by atoms with Crippen molar-refractivity contribution in [2.24, 2.45) is 11.8 Å². The molecule has 0 heterocycles. The van der Waals surface area contributed by atoms with Crippen LogP contribution in [0.3, 0.4) is 0 Å². The Hall–Kier alpha value is -0.820. The minimum atomic E-state index is 0.332. The maximum absolute atomic E-state index is 9.52. The Bertz CT molecular complexity index is 388. The molecule has 2 atom stereocenters. The molecular formula is C16H22O. The van der Waals surface area contributed by atoms with Gasteiger partial charge in [0.1, 0.15) is 0 Å². The van der Waals surface area contributed by atoms with Crippen LogP contribution in [0, 0.1) is 18.8 Å². The van der Waals surface area contributed by atoms with Crippen LogP contribution in [0.15, 0.2) is 24.3 Å². The fourth-order valence-corrected chi connectivity index (χ4v) is 3.97. The van der Waals surface area contributed by atoms with E-state index in [2.05, 4.69) is 31.2 Å². The van der Waals surface area contributed by atoms with Crippen LogP contribution in [-0.4, -0.2) is 11.7 Å². The smallest absolute Gasteiger partial charge is 0.0468 e. The van der Waals surface area contributed by atoms with Crippen molar-refractivity contribution in [3.63, 3.8) is 0 Å². The topological polar surface area (TPSA) is 20.2 Å². The van der Waals surface area contributed by atoms with Gasteiger partial charge < -0.3 is 5.11 Å². The first-order chi connectivity index (χ1) is 8.27. The zero-order valence-corrected chi connectivity index (χ0v) is 10.7. The van der Waals surface area contributed by atoms with E-state index in [1.807, 2.05) is 0 Å². The Kier molecular flexibility index (Phi) is 2.74. The molecule has 1 N–H and O–H groups in total. The van der Waals surface area contributed by atoms with Gasteiger partial charge in [-0.2, -0.15) is 0 Å². The van der Waals surface area contributed by atoms with Crippen molar-refractivity contribution in [3.05, 3.63) is 35.4 Å². The van der Waals surface area contributed by atoms with E-state index < -0.39 is 0 Å². The molecule has 1 heteroatoms. The van der Waals surface area contributed by atoms with Gasteiger partial charge in [-0.3, -0.25) is 0 Å². The Balaban J connectivity index is 1.92. The van der Waals surface area contributed by atoms with E-state index in [4.69, 9.17) is 0 Å². The van der Waals surface area contributed by atoms with Gasteiger partial charge in [0.15, 0.2) is 0 Å². The molecule has 0 aromatic heterocycles. The zero-order chi connectivity index (χ0) is 11.9. The molecule has 0 aliphatic heterocycles. The molecule has 92 valence electrons. The van der Waals surface area contributed by atoms with E-state index in [0.29, 0.717) is 17.9 Å². The van der Waals surface area contributed by atoms with Crippen molar-refractivity contribution in [1.29, 1.82) is 0 Å². The van der Waals surface area contributed by atoms with E-state index in [9.17, 15) is 5.11 Å². The van der Waals surface area contributed by atoms with Crippen molar-refractivity contribution in [3.8, 4) is 0 Å². The number of hydrogen-bond donors (Lipinski definition) is 1. The average Bonchev–Trinajstić information content (AvgIpc) is 2.84. The van der Waals surface area contributed by atoms with Crippen LogP contribution in [0.4, 0.5) is 0 Å². The summed E-state index contributed by atoms with van der Waals surface area (Å²) in [5, 5.41) is 9.52. The van der Waals surface area contributed by atoms with Gasteiger partial charge in [-0.25, -0.2) is 0 Å². The number of aliphatic hydroxyl groups is 1. The summed E-state index contributed by atoms with van der Waals surface area (Å²) in [6.45, 7) is 2.51. The normalized spacial score (nSPS) is 32.9. The van der Waals surface area contributed by atoms with E-state index in [-0.39, 0.29) is 0 Å². The third kappa shape index (κ3) is 1.72. The first-order valence-corrected chi connectivity index (χ1v) is 6.95. The summed E-state index contributed by atoms with van der Waals surface area (Å²) in [5.41, 5.74) is 3.14. The number of aryl methyl sites for hydroxylation is 1. The van der Waals surface area contributed by atoms with Gasteiger partial charge in [0.05, 0.1) is 0 Å². The summed E-state index contributed by atoms with van der Waals surface area (Å²) >= 11 is 0. The largest absolute Gasteiger partial charge is 0.396 e. The van der Waals surface area contributed by atoms with E-state index in [0.717, 1.165) is 5.92 Å². The van der Waals surface area contributed by atoms with Crippen LogP contribution in [0.1, 0.15) is 43.2 Å². The van der Waals surface area contributed by atoms with Crippen LogP contribution >= 0.6 is 0 Å². The van der Waals surface area contributed by atoms with Crippen molar-refractivity contribution >= 4 is 0 Å². The lowest BCUT2D eigenvalue weighted by molar-refractivity contribution is 0.246. The van der Waals surface area contributed by atoms with Gasteiger partial charge in [0, 0.05) is 12.0 Å². The van der Waals surface area contributed by atoms with Crippen molar-refractivity contribution in [1.82, 2.24) is 0 Å². The summed E-state index contributed by atoms with van der Waals surface area (Å²) in [5.74, 6) is 1.34. The third-order valence-corrected chi connectivity index (χ3v) is 5.05. The summed E-state index contributed by atoms with van der Waals surface area (Å²) in [6.07, 6.45) is 6.71. The Morgan fingerprint density at radius 1 is 1.18 bits per heavy atom. The fourth-order valence-electron chi connectivity index (χ4n) is 3.97. The van der Waals surface area contributed by atoms with Crippen LogP contribution in [0.5, 0.6) is 0 Å². The average molecular weight is 230 g/mol. The molecule has 2 aliphatic carbocycles. The summed E-state index contributed by atoms with van der Waals surface area (Å²) in [4.78, 5) is 0. The highest BCUT2D eigenvalue weighted by Crippen LogP contribution is 2.62. The van der Waals surface area contributed by atoms with E-state index in [1.165, 1.54) is 43.2 Å². The molecule has 17 heavy (non-hydrogen) atoms. The predicted octanol–water partition coefficient (Wildman–Crippen LogP) is 3.44. The molecule has 1 nitrogen and oxygen atoms in total. The quantitative estimate of drug-likeness (QED) is 0.843. The molecule has 1 aromatic rings. The lowest BCUT2D eigenvalue weighted by Gasteiger charge is -2.25.